The number of ether oxygens (including phenoxy) is 1. The van der Waals surface area contributed by atoms with Gasteiger partial charge in [-0.2, -0.15) is 0 Å². The maximum Gasteiger partial charge on any atom is 0.0976 e. The summed E-state index contributed by atoms with van der Waals surface area (Å²) in [5, 5.41) is 0. The fourth-order valence-electron chi connectivity index (χ4n) is 2.27. The minimum absolute atomic E-state index is 0.860. The van der Waals surface area contributed by atoms with E-state index in [0.29, 0.717) is 0 Å². The lowest BCUT2D eigenvalue weighted by Gasteiger charge is -2.36. The first kappa shape index (κ1) is 8.52. The maximum absolute atomic E-state index is 5.22. The van der Waals surface area contributed by atoms with Gasteiger partial charge in [0.05, 0.1) is 13.2 Å². The van der Waals surface area contributed by atoms with Gasteiger partial charge in [0.2, 0.25) is 0 Å². The van der Waals surface area contributed by atoms with Crippen LogP contribution in [0.25, 0.3) is 0 Å². The van der Waals surface area contributed by atoms with E-state index < -0.39 is 0 Å². The molecule has 0 atom stereocenters. The Morgan fingerprint density at radius 3 is 2.67 bits per heavy atom. The molecule has 2 heteroatoms. The SMILES string of the molecule is [CH]1CN(C2CCCCC2)CCO1. The van der Waals surface area contributed by atoms with Crippen LogP contribution >= 0.6 is 0 Å². The van der Waals surface area contributed by atoms with Crippen molar-refractivity contribution in [1.82, 2.24) is 4.90 Å². The molecular weight excluding hydrogens is 150 g/mol. The Balaban J connectivity index is 1.80. The third kappa shape index (κ3) is 1.99. The second-order valence-corrected chi connectivity index (χ2v) is 3.82. The predicted molar refractivity (Wildman–Crippen MR) is 48.7 cm³/mol. The van der Waals surface area contributed by atoms with Gasteiger partial charge < -0.3 is 4.74 Å². The zero-order valence-corrected chi connectivity index (χ0v) is 7.67. The van der Waals surface area contributed by atoms with Gasteiger partial charge in [-0.1, -0.05) is 19.3 Å². The number of rotatable bonds is 1. The van der Waals surface area contributed by atoms with E-state index >= 15 is 0 Å². The number of hydrogen-bond acceptors (Lipinski definition) is 2. The van der Waals surface area contributed by atoms with Crippen LogP contribution in [-0.4, -0.2) is 30.6 Å². The molecule has 0 aromatic rings. The Bertz CT molecular complexity index is 110. The van der Waals surface area contributed by atoms with Crippen molar-refractivity contribution >= 4 is 0 Å². The summed E-state index contributed by atoms with van der Waals surface area (Å²) in [4.78, 5) is 2.57. The van der Waals surface area contributed by atoms with Crippen LogP contribution in [0.15, 0.2) is 0 Å². The van der Waals surface area contributed by atoms with Gasteiger partial charge in [-0.3, -0.25) is 4.90 Å². The van der Waals surface area contributed by atoms with E-state index in [2.05, 4.69) is 4.90 Å². The molecule has 0 aromatic carbocycles. The topological polar surface area (TPSA) is 12.5 Å². The maximum atomic E-state index is 5.22. The molecule has 0 spiro atoms. The average molecular weight is 168 g/mol. The van der Waals surface area contributed by atoms with Gasteiger partial charge in [0, 0.05) is 19.1 Å². The molecule has 0 unspecified atom stereocenters. The van der Waals surface area contributed by atoms with Crippen LogP contribution in [0.5, 0.6) is 0 Å². The highest BCUT2D eigenvalue weighted by atomic mass is 16.5. The smallest absolute Gasteiger partial charge is 0.0976 e. The average Bonchev–Trinajstić information content (AvgIpc) is 2.21. The molecule has 0 amide bonds. The molecular formula is C10H18NO. The lowest BCUT2D eigenvalue weighted by Crippen LogP contribution is -2.42. The third-order valence-corrected chi connectivity index (χ3v) is 3.01. The van der Waals surface area contributed by atoms with Gasteiger partial charge in [0.25, 0.3) is 0 Å². The molecule has 1 saturated carbocycles. The normalized spacial score (nSPS) is 29.0. The molecule has 1 heterocycles. The summed E-state index contributed by atoms with van der Waals surface area (Å²) in [5.41, 5.74) is 0. The van der Waals surface area contributed by atoms with Gasteiger partial charge in [0.15, 0.2) is 0 Å². The molecule has 0 bridgehead atoms. The van der Waals surface area contributed by atoms with Crippen LogP contribution in [-0.2, 0) is 4.74 Å². The molecule has 1 saturated heterocycles. The summed E-state index contributed by atoms with van der Waals surface area (Å²) in [5.74, 6) is 0. The molecule has 1 radical (unpaired) electrons. The van der Waals surface area contributed by atoms with Crippen LogP contribution in [0, 0.1) is 6.61 Å². The Kier molecular flexibility index (Phi) is 3.01. The molecule has 2 aliphatic rings. The molecule has 12 heavy (non-hydrogen) atoms. The summed E-state index contributed by atoms with van der Waals surface area (Å²) in [6.07, 6.45) is 7.14. The van der Waals surface area contributed by atoms with Gasteiger partial charge in [-0.05, 0) is 12.8 Å². The lowest BCUT2D eigenvalue weighted by molar-refractivity contribution is 0.0471. The Hall–Kier alpha value is -0.0800. The Labute approximate surface area is 74.9 Å². The van der Waals surface area contributed by atoms with Crippen LogP contribution in [0.1, 0.15) is 32.1 Å². The molecule has 2 rings (SSSR count). The largest absolute Gasteiger partial charge is 0.373 e. The van der Waals surface area contributed by atoms with Crippen molar-refractivity contribution in [3.63, 3.8) is 0 Å². The van der Waals surface area contributed by atoms with Gasteiger partial charge in [0.1, 0.15) is 0 Å². The first-order valence-corrected chi connectivity index (χ1v) is 5.14. The summed E-state index contributed by atoms with van der Waals surface area (Å²) >= 11 is 0. The van der Waals surface area contributed by atoms with Crippen molar-refractivity contribution in [2.75, 3.05) is 19.7 Å². The number of nitrogens with zero attached hydrogens (tertiary/aromatic N) is 1. The van der Waals surface area contributed by atoms with E-state index in [1.54, 1.807) is 0 Å². The molecule has 0 aromatic heterocycles. The van der Waals surface area contributed by atoms with Crippen LogP contribution in [0.3, 0.4) is 0 Å². The second-order valence-electron chi connectivity index (χ2n) is 3.82. The first-order valence-electron chi connectivity index (χ1n) is 5.14. The third-order valence-electron chi connectivity index (χ3n) is 3.01. The fourth-order valence-corrected chi connectivity index (χ4v) is 2.27. The highest BCUT2D eigenvalue weighted by molar-refractivity contribution is 4.79. The van der Waals surface area contributed by atoms with E-state index in [0.717, 1.165) is 25.7 Å². The molecule has 69 valence electrons. The Morgan fingerprint density at radius 2 is 2.00 bits per heavy atom. The summed E-state index contributed by atoms with van der Waals surface area (Å²) in [6, 6.07) is 0.860. The number of morpholine rings is 1. The van der Waals surface area contributed by atoms with Crippen LogP contribution < -0.4 is 0 Å². The van der Waals surface area contributed by atoms with Crippen molar-refractivity contribution in [2.24, 2.45) is 0 Å². The second kappa shape index (κ2) is 4.24. The lowest BCUT2D eigenvalue weighted by atomic mass is 9.94. The zero-order chi connectivity index (χ0) is 8.23. The summed E-state index contributed by atoms with van der Waals surface area (Å²) in [6.45, 7) is 5.04. The van der Waals surface area contributed by atoms with E-state index in [1.807, 2.05) is 6.61 Å². The predicted octanol–water partition coefficient (Wildman–Crippen LogP) is 1.81. The molecule has 0 N–H and O–H groups in total. The van der Waals surface area contributed by atoms with E-state index in [1.165, 1.54) is 32.1 Å². The highest BCUT2D eigenvalue weighted by Crippen LogP contribution is 2.23. The minimum atomic E-state index is 0.860. The zero-order valence-electron chi connectivity index (χ0n) is 7.67. The molecule has 1 aliphatic carbocycles. The van der Waals surface area contributed by atoms with Gasteiger partial charge in [-0.15, -0.1) is 0 Å². The summed E-state index contributed by atoms with van der Waals surface area (Å²) < 4.78 is 5.22. The van der Waals surface area contributed by atoms with Crippen molar-refractivity contribution in [2.45, 2.75) is 38.1 Å². The van der Waals surface area contributed by atoms with Crippen molar-refractivity contribution in [3.05, 3.63) is 6.61 Å². The molecule has 2 fully saturated rings. The van der Waals surface area contributed by atoms with Gasteiger partial charge >= 0.3 is 0 Å². The monoisotopic (exact) mass is 168 g/mol. The van der Waals surface area contributed by atoms with Crippen molar-refractivity contribution < 1.29 is 4.74 Å². The van der Waals surface area contributed by atoms with E-state index in [4.69, 9.17) is 4.74 Å². The van der Waals surface area contributed by atoms with Crippen molar-refractivity contribution in [3.8, 4) is 0 Å². The minimum Gasteiger partial charge on any atom is -0.373 e. The quantitative estimate of drug-likeness (QED) is 0.592. The standard InChI is InChI=1S/C10H18NO/c1-2-4-10(5-3-1)11-6-8-12-9-7-11/h8,10H,1-7,9H2. The molecule has 1 aliphatic heterocycles. The summed E-state index contributed by atoms with van der Waals surface area (Å²) in [7, 11) is 0. The highest BCUT2D eigenvalue weighted by Gasteiger charge is 2.22. The first-order chi connectivity index (χ1) is 5.97. The van der Waals surface area contributed by atoms with E-state index in [9.17, 15) is 0 Å². The number of hydrogen-bond donors (Lipinski definition) is 0. The molecule has 2 nitrogen and oxygen atoms in total. The Morgan fingerprint density at radius 1 is 1.17 bits per heavy atom. The van der Waals surface area contributed by atoms with Crippen LogP contribution in [0.4, 0.5) is 0 Å². The van der Waals surface area contributed by atoms with Gasteiger partial charge in [-0.25, -0.2) is 0 Å². The van der Waals surface area contributed by atoms with Crippen molar-refractivity contribution in [1.29, 1.82) is 0 Å². The van der Waals surface area contributed by atoms with E-state index in [-0.39, 0.29) is 0 Å². The van der Waals surface area contributed by atoms with Crippen LogP contribution in [0.2, 0.25) is 0 Å². The fraction of sp³-hybridized carbons (Fsp3) is 0.900.